The summed E-state index contributed by atoms with van der Waals surface area (Å²) in [7, 11) is 0. The average molecular weight is 441 g/mol. The summed E-state index contributed by atoms with van der Waals surface area (Å²) in [5.41, 5.74) is 6.87. The van der Waals surface area contributed by atoms with E-state index in [-0.39, 0.29) is 0 Å². The first-order valence-corrected chi connectivity index (χ1v) is 10.7. The molecule has 6 aromatic rings. The standard InChI is InChI=1S/C29H16FN3O/c30-26-15-25(32-17-33-26)23-7-4-8-24-27-21(16-31)13-14-22(29(27)34-28(23)24)20-11-9-19(10-12-20)18-5-2-1-3-6-18/h1-15,17H. The van der Waals surface area contributed by atoms with E-state index in [9.17, 15) is 9.65 Å². The van der Waals surface area contributed by atoms with E-state index in [2.05, 4.69) is 52.4 Å². The Morgan fingerprint density at radius 3 is 2.24 bits per heavy atom. The molecule has 4 nitrogen and oxygen atoms in total. The van der Waals surface area contributed by atoms with Crippen molar-refractivity contribution in [1.29, 1.82) is 5.26 Å². The van der Waals surface area contributed by atoms with Crippen LogP contribution in [0.15, 0.2) is 102 Å². The Morgan fingerprint density at radius 1 is 0.706 bits per heavy atom. The predicted molar refractivity (Wildman–Crippen MR) is 130 cm³/mol. The van der Waals surface area contributed by atoms with Crippen LogP contribution >= 0.6 is 0 Å². The Bertz CT molecular complexity index is 1720. The van der Waals surface area contributed by atoms with Crippen molar-refractivity contribution in [2.45, 2.75) is 0 Å². The van der Waals surface area contributed by atoms with E-state index in [1.54, 1.807) is 0 Å². The summed E-state index contributed by atoms with van der Waals surface area (Å²) in [5, 5.41) is 11.3. The van der Waals surface area contributed by atoms with Crippen molar-refractivity contribution in [3.05, 3.63) is 109 Å². The number of hydrogen-bond acceptors (Lipinski definition) is 4. The number of nitrogens with zero attached hydrogens (tertiary/aromatic N) is 3. The van der Waals surface area contributed by atoms with Crippen molar-refractivity contribution < 1.29 is 8.81 Å². The van der Waals surface area contributed by atoms with Crippen LogP contribution in [0.1, 0.15) is 5.56 Å². The minimum atomic E-state index is -0.616. The van der Waals surface area contributed by atoms with Crippen LogP contribution in [0.25, 0.3) is 55.4 Å². The zero-order valence-electron chi connectivity index (χ0n) is 17.9. The number of fused-ring (bicyclic) bond motifs is 3. The second-order valence-corrected chi connectivity index (χ2v) is 7.93. The van der Waals surface area contributed by atoms with E-state index in [4.69, 9.17) is 4.42 Å². The normalized spacial score (nSPS) is 11.1. The number of benzene rings is 4. The fourth-order valence-corrected chi connectivity index (χ4v) is 4.38. The van der Waals surface area contributed by atoms with Crippen LogP contribution in [0.3, 0.4) is 0 Å². The van der Waals surface area contributed by atoms with E-state index < -0.39 is 5.95 Å². The molecule has 0 spiro atoms. The largest absolute Gasteiger partial charge is 0.455 e. The molecule has 2 aromatic heterocycles. The summed E-state index contributed by atoms with van der Waals surface area (Å²) in [6.45, 7) is 0. The lowest BCUT2D eigenvalue weighted by molar-refractivity contribution is 0.580. The Hall–Kier alpha value is -4.82. The molecular formula is C29H16FN3O. The van der Waals surface area contributed by atoms with Crippen LogP contribution in [-0.4, -0.2) is 9.97 Å². The Balaban J connectivity index is 1.57. The van der Waals surface area contributed by atoms with Gasteiger partial charge >= 0.3 is 0 Å². The van der Waals surface area contributed by atoms with Crippen molar-refractivity contribution >= 4 is 21.9 Å². The van der Waals surface area contributed by atoms with Gasteiger partial charge < -0.3 is 4.42 Å². The first-order valence-electron chi connectivity index (χ1n) is 10.7. The van der Waals surface area contributed by atoms with Gasteiger partial charge in [0.1, 0.15) is 17.5 Å². The number of nitriles is 1. The molecule has 0 saturated carbocycles. The summed E-state index contributed by atoms with van der Waals surface area (Å²) >= 11 is 0. The maximum Gasteiger partial charge on any atom is 0.216 e. The molecule has 0 aliphatic heterocycles. The third-order valence-corrected chi connectivity index (χ3v) is 5.98. The average Bonchev–Trinajstić information content (AvgIpc) is 3.29. The van der Waals surface area contributed by atoms with Crippen LogP contribution in [0, 0.1) is 17.3 Å². The lowest BCUT2D eigenvalue weighted by atomic mass is 9.96. The molecule has 34 heavy (non-hydrogen) atoms. The van der Waals surface area contributed by atoms with Crippen molar-refractivity contribution in [2.75, 3.05) is 0 Å². The van der Waals surface area contributed by atoms with Crippen molar-refractivity contribution in [2.24, 2.45) is 0 Å². The van der Waals surface area contributed by atoms with E-state index in [1.165, 1.54) is 12.4 Å². The van der Waals surface area contributed by atoms with Crippen LogP contribution in [0.5, 0.6) is 0 Å². The lowest BCUT2D eigenvalue weighted by Crippen LogP contribution is -1.88. The fraction of sp³-hybridized carbons (Fsp3) is 0. The van der Waals surface area contributed by atoms with E-state index in [1.807, 2.05) is 48.5 Å². The summed E-state index contributed by atoms with van der Waals surface area (Å²) in [5.74, 6) is -0.616. The van der Waals surface area contributed by atoms with Gasteiger partial charge in [-0.3, -0.25) is 0 Å². The highest BCUT2D eigenvalue weighted by molar-refractivity contribution is 6.15. The first kappa shape index (κ1) is 19.8. The van der Waals surface area contributed by atoms with Crippen molar-refractivity contribution in [3.63, 3.8) is 0 Å². The van der Waals surface area contributed by atoms with Crippen LogP contribution < -0.4 is 0 Å². The van der Waals surface area contributed by atoms with E-state index in [0.717, 1.165) is 33.0 Å². The second kappa shape index (κ2) is 7.95. The topological polar surface area (TPSA) is 62.7 Å². The zero-order valence-corrected chi connectivity index (χ0v) is 17.9. The van der Waals surface area contributed by atoms with Crippen molar-refractivity contribution in [1.82, 2.24) is 9.97 Å². The molecule has 0 N–H and O–H groups in total. The summed E-state index contributed by atoms with van der Waals surface area (Å²) < 4.78 is 20.2. The summed E-state index contributed by atoms with van der Waals surface area (Å²) in [4.78, 5) is 7.76. The molecule has 0 aliphatic rings. The quantitative estimate of drug-likeness (QED) is 0.269. The number of rotatable bonds is 3. The Morgan fingerprint density at radius 2 is 1.47 bits per heavy atom. The lowest BCUT2D eigenvalue weighted by Gasteiger charge is -2.06. The molecule has 5 heteroatoms. The highest BCUT2D eigenvalue weighted by Crippen LogP contribution is 2.41. The van der Waals surface area contributed by atoms with Crippen LogP contribution in [0.2, 0.25) is 0 Å². The smallest absolute Gasteiger partial charge is 0.216 e. The molecule has 0 radical (unpaired) electrons. The van der Waals surface area contributed by atoms with Gasteiger partial charge in [0.2, 0.25) is 5.95 Å². The third-order valence-electron chi connectivity index (χ3n) is 5.98. The molecule has 4 aromatic carbocycles. The molecule has 160 valence electrons. The summed E-state index contributed by atoms with van der Waals surface area (Å²) in [6, 6.07) is 31.3. The van der Waals surface area contributed by atoms with Gasteiger partial charge in [-0.25, -0.2) is 9.97 Å². The number of halogens is 1. The highest BCUT2D eigenvalue weighted by atomic mass is 19.1. The molecule has 2 heterocycles. The third kappa shape index (κ3) is 3.21. The number of aromatic nitrogens is 2. The molecular weight excluding hydrogens is 425 g/mol. The second-order valence-electron chi connectivity index (χ2n) is 7.93. The van der Waals surface area contributed by atoms with Gasteiger partial charge in [0, 0.05) is 28.0 Å². The fourth-order valence-electron chi connectivity index (χ4n) is 4.38. The monoisotopic (exact) mass is 441 g/mol. The number of para-hydroxylation sites is 1. The zero-order chi connectivity index (χ0) is 23.1. The van der Waals surface area contributed by atoms with Gasteiger partial charge in [-0.2, -0.15) is 9.65 Å². The van der Waals surface area contributed by atoms with E-state index >= 15 is 0 Å². The SMILES string of the molecule is N#Cc1ccc(-c2ccc(-c3ccccc3)cc2)c2oc3c(-c4cc(F)ncn4)cccc3c12. The van der Waals surface area contributed by atoms with Crippen LogP contribution in [0.4, 0.5) is 4.39 Å². The molecule has 0 saturated heterocycles. The van der Waals surface area contributed by atoms with Gasteiger partial charge in [0.25, 0.3) is 0 Å². The molecule has 0 amide bonds. The van der Waals surface area contributed by atoms with Crippen molar-refractivity contribution in [3.8, 4) is 39.6 Å². The number of hydrogen-bond donors (Lipinski definition) is 0. The molecule has 0 bridgehead atoms. The molecule has 0 atom stereocenters. The van der Waals surface area contributed by atoms with Gasteiger partial charge in [-0.15, -0.1) is 0 Å². The maximum absolute atomic E-state index is 13.8. The first-order chi connectivity index (χ1) is 16.7. The van der Waals surface area contributed by atoms with Gasteiger partial charge in [0.05, 0.1) is 17.3 Å². The predicted octanol–water partition coefficient (Wildman–Crippen LogP) is 7.39. The molecule has 6 rings (SSSR count). The Labute approximate surface area is 194 Å². The molecule has 0 aliphatic carbocycles. The highest BCUT2D eigenvalue weighted by Gasteiger charge is 2.19. The van der Waals surface area contributed by atoms with Crippen LogP contribution in [-0.2, 0) is 0 Å². The number of furan rings is 1. The maximum atomic E-state index is 13.8. The summed E-state index contributed by atoms with van der Waals surface area (Å²) in [6.07, 6.45) is 1.19. The van der Waals surface area contributed by atoms with Gasteiger partial charge in [0.15, 0.2) is 0 Å². The van der Waals surface area contributed by atoms with Gasteiger partial charge in [-0.05, 0) is 34.9 Å². The van der Waals surface area contributed by atoms with E-state index in [0.29, 0.717) is 28.0 Å². The molecule has 0 fully saturated rings. The van der Waals surface area contributed by atoms with Gasteiger partial charge in [-0.1, -0.05) is 66.7 Å². The minimum absolute atomic E-state index is 0.421. The Kier molecular flexibility index (Phi) is 4.64. The minimum Gasteiger partial charge on any atom is -0.455 e. The molecule has 0 unspecified atom stereocenters.